The van der Waals surface area contributed by atoms with E-state index >= 15 is 4.39 Å². The van der Waals surface area contributed by atoms with Crippen molar-refractivity contribution in [3.8, 4) is 16.9 Å². The van der Waals surface area contributed by atoms with Crippen LogP contribution in [0, 0.1) is 5.82 Å². The number of carbonyl (C=O) groups is 1. The van der Waals surface area contributed by atoms with Gasteiger partial charge >= 0.3 is 0 Å². The van der Waals surface area contributed by atoms with E-state index in [1.807, 2.05) is 40.9 Å². The highest BCUT2D eigenvalue weighted by Gasteiger charge is 2.34. The van der Waals surface area contributed by atoms with E-state index in [1.54, 1.807) is 26.3 Å². The molecule has 1 fully saturated rings. The van der Waals surface area contributed by atoms with E-state index in [2.05, 4.69) is 24.8 Å². The fourth-order valence-electron chi connectivity index (χ4n) is 6.57. The number of carbonyl (C=O) groups excluding carboxylic acids is 1. The van der Waals surface area contributed by atoms with Crippen molar-refractivity contribution in [2.24, 2.45) is 0 Å². The van der Waals surface area contributed by atoms with Crippen molar-refractivity contribution in [2.75, 3.05) is 56.7 Å². The molecule has 11 heteroatoms. The van der Waals surface area contributed by atoms with Gasteiger partial charge in [-0.1, -0.05) is 0 Å². The number of halogens is 1. The minimum absolute atomic E-state index is 0.0640. The zero-order chi connectivity index (χ0) is 28.2. The second-order valence-corrected chi connectivity index (χ2v) is 11.2. The molecule has 0 saturated carbocycles. The molecule has 3 aliphatic rings. The Balaban J connectivity index is 1.35. The number of methoxy groups -OCH3 is 1. The lowest BCUT2D eigenvalue weighted by Gasteiger charge is -2.37. The Kier molecular flexibility index (Phi) is 6.33. The van der Waals surface area contributed by atoms with Crippen LogP contribution in [0.2, 0.25) is 0 Å². The summed E-state index contributed by atoms with van der Waals surface area (Å²) in [6, 6.07) is 5.71. The maximum Gasteiger partial charge on any atom is 0.219 e. The standard InChI is InChI=1S/C30H35FN8O2/c1-19(40)36-10-6-25-23(17-36)30(34-39(25)20-4-7-32-8-5-20)38-13-12-35(2)26-14-21(24(31)16-27(26)38)22-15-29-33-9-11-37(29)18-28(22)41-3/h9,11,14-16,18,20,32H,4-8,10,12-13,17H2,1-3H3. The number of fused-ring (bicyclic) bond motifs is 3. The van der Waals surface area contributed by atoms with Gasteiger partial charge in [-0.15, -0.1) is 0 Å². The first kappa shape index (κ1) is 25.8. The number of hydrogen-bond donors (Lipinski definition) is 1. The smallest absolute Gasteiger partial charge is 0.219 e. The van der Waals surface area contributed by atoms with Crippen LogP contribution in [-0.4, -0.2) is 76.9 Å². The van der Waals surface area contributed by atoms with Crippen LogP contribution in [0.4, 0.5) is 21.6 Å². The number of ether oxygens (including phenoxy) is 1. The maximum absolute atomic E-state index is 16.1. The minimum Gasteiger partial charge on any atom is -0.495 e. The molecule has 1 aromatic carbocycles. The van der Waals surface area contributed by atoms with Crippen molar-refractivity contribution in [1.29, 1.82) is 0 Å². The molecule has 0 bridgehead atoms. The second-order valence-electron chi connectivity index (χ2n) is 11.2. The molecule has 1 N–H and O–H groups in total. The van der Waals surface area contributed by atoms with Gasteiger partial charge in [-0.3, -0.25) is 9.48 Å². The third kappa shape index (κ3) is 4.30. The number of nitrogens with zero attached hydrogens (tertiary/aromatic N) is 7. The second kappa shape index (κ2) is 10.1. The number of hydrogen-bond acceptors (Lipinski definition) is 7. The van der Waals surface area contributed by atoms with Gasteiger partial charge in [0.2, 0.25) is 5.91 Å². The molecule has 214 valence electrons. The van der Waals surface area contributed by atoms with Gasteiger partial charge in [0.25, 0.3) is 0 Å². The first-order valence-electron chi connectivity index (χ1n) is 14.3. The summed E-state index contributed by atoms with van der Waals surface area (Å²) in [5.41, 5.74) is 5.82. The zero-order valence-electron chi connectivity index (χ0n) is 23.7. The van der Waals surface area contributed by atoms with Crippen LogP contribution in [0.15, 0.2) is 36.8 Å². The van der Waals surface area contributed by atoms with Gasteiger partial charge in [-0.05, 0) is 38.1 Å². The minimum atomic E-state index is -0.338. The van der Waals surface area contributed by atoms with E-state index in [-0.39, 0.29) is 11.7 Å². The number of imidazole rings is 1. The van der Waals surface area contributed by atoms with Gasteiger partial charge < -0.3 is 29.2 Å². The highest BCUT2D eigenvalue weighted by Crippen LogP contribution is 2.45. The lowest BCUT2D eigenvalue weighted by Crippen LogP contribution is -2.38. The van der Waals surface area contributed by atoms with E-state index in [0.717, 1.165) is 67.3 Å². The normalized spacial score (nSPS) is 17.6. The van der Waals surface area contributed by atoms with E-state index in [1.165, 1.54) is 5.69 Å². The Morgan fingerprint density at radius 3 is 2.71 bits per heavy atom. The maximum atomic E-state index is 16.1. The average Bonchev–Trinajstić information content (AvgIpc) is 3.61. The van der Waals surface area contributed by atoms with Gasteiger partial charge in [0.1, 0.15) is 17.2 Å². The summed E-state index contributed by atoms with van der Waals surface area (Å²) in [6.07, 6.45) is 8.19. The van der Waals surface area contributed by atoms with Gasteiger partial charge in [-0.2, -0.15) is 5.10 Å². The zero-order valence-corrected chi connectivity index (χ0v) is 23.7. The summed E-state index contributed by atoms with van der Waals surface area (Å²) in [7, 11) is 3.63. The van der Waals surface area contributed by atoms with E-state index < -0.39 is 0 Å². The van der Waals surface area contributed by atoms with Crippen molar-refractivity contribution in [3.63, 3.8) is 0 Å². The predicted octanol–water partition coefficient (Wildman–Crippen LogP) is 3.76. The number of rotatable bonds is 4. The molecule has 6 heterocycles. The van der Waals surface area contributed by atoms with Crippen molar-refractivity contribution < 1.29 is 13.9 Å². The molecule has 1 saturated heterocycles. The average molecular weight is 559 g/mol. The molecule has 0 spiro atoms. The number of amides is 1. The first-order valence-corrected chi connectivity index (χ1v) is 14.3. The predicted molar refractivity (Wildman–Crippen MR) is 156 cm³/mol. The summed E-state index contributed by atoms with van der Waals surface area (Å²) in [4.78, 5) is 23.0. The van der Waals surface area contributed by atoms with Crippen LogP contribution in [0.1, 0.15) is 37.1 Å². The Hall–Kier alpha value is -4.12. The van der Waals surface area contributed by atoms with Crippen LogP contribution in [0.3, 0.4) is 0 Å². The number of nitrogens with one attached hydrogen (secondary N) is 1. The molecule has 3 aliphatic heterocycles. The Bertz CT molecular complexity index is 1640. The fourth-order valence-corrected chi connectivity index (χ4v) is 6.57. The molecule has 4 aromatic rings. The monoisotopic (exact) mass is 558 g/mol. The fraction of sp³-hybridized carbons (Fsp3) is 0.433. The van der Waals surface area contributed by atoms with Crippen LogP contribution < -0.4 is 19.9 Å². The molecule has 7 rings (SSSR count). The molecule has 0 aliphatic carbocycles. The van der Waals surface area contributed by atoms with Gasteiger partial charge in [0.15, 0.2) is 5.82 Å². The van der Waals surface area contributed by atoms with Crippen molar-refractivity contribution in [2.45, 2.75) is 38.8 Å². The highest BCUT2D eigenvalue weighted by molar-refractivity contribution is 5.86. The molecule has 10 nitrogen and oxygen atoms in total. The molecule has 0 radical (unpaired) electrons. The molecule has 0 unspecified atom stereocenters. The van der Waals surface area contributed by atoms with Crippen molar-refractivity contribution in [1.82, 2.24) is 29.4 Å². The summed E-state index contributed by atoms with van der Waals surface area (Å²) in [6.45, 7) is 6.19. The van der Waals surface area contributed by atoms with Crippen molar-refractivity contribution >= 4 is 28.7 Å². The third-order valence-electron chi connectivity index (χ3n) is 8.85. The quantitative estimate of drug-likeness (QED) is 0.409. The largest absolute Gasteiger partial charge is 0.495 e. The summed E-state index contributed by atoms with van der Waals surface area (Å²) >= 11 is 0. The SMILES string of the molecule is COc1cn2ccnc2cc1-c1cc2c(cc1F)N(c1nn(C3CCNCC3)c3c1CN(C(C)=O)CC3)CCN2C. The van der Waals surface area contributed by atoms with E-state index in [0.29, 0.717) is 42.6 Å². The summed E-state index contributed by atoms with van der Waals surface area (Å²) in [5, 5.41) is 8.68. The van der Waals surface area contributed by atoms with E-state index in [4.69, 9.17) is 9.84 Å². The highest BCUT2D eigenvalue weighted by atomic mass is 19.1. The van der Waals surface area contributed by atoms with Crippen molar-refractivity contribution in [3.05, 3.63) is 53.9 Å². The van der Waals surface area contributed by atoms with Gasteiger partial charge in [0.05, 0.1) is 37.3 Å². The van der Waals surface area contributed by atoms with Crippen LogP contribution in [0.25, 0.3) is 16.8 Å². The van der Waals surface area contributed by atoms with E-state index in [9.17, 15) is 4.79 Å². The Morgan fingerprint density at radius 1 is 1.10 bits per heavy atom. The van der Waals surface area contributed by atoms with Crippen LogP contribution >= 0.6 is 0 Å². The molecule has 1 amide bonds. The lowest BCUT2D eigenvalue weighted by molar-refractivity contribution is -0.129. The molecular weight excluding hydrogens is 523 g/mol. The molecule has 0 atom stereocenters. The number of piperidine rings is 1. The number of benzene rings is 1. The molecular formula is C30H35FN8O2. The molecule has 3 aromatic heterocycles. The Labute approximate surface area is 238 Å². The topological polar surface area (TPSA) is 83.2 Å². The molecule has 41 heavy (non-hydrogen) atoms. The van der Waals surface area contributed by atoms with Crippen LogP contribution in [0.5, 0.6) is 5.75 Å². The number of aromatic nitrogens is 4. The number of pyridine rings is 1. The first-order chi connectivity index (χ1) is 19.9. The lowest BCUT2D eigenvalue weighted by atomic mass is 10.0. The number of likely N-dealkylation sites (N-methyl/N-ethyl adjacent to an activating group) is 1. The number of anilines is 3. The van der Waals surface area contributed by atoms with Crippen LogP contribution in [-0.2, 0) is 17.8 Å². The summed E-state index contributed by atoms with van der Waals surface area (Å²) < 4.78 is 25.8. The van der Waals surface area contributed by atoms with Gasteiger partial charge in [0, 0.05) is 80.9 Å². The summed E-state index contributed by atoms with van der Waals surface area (Å²) in [5.74, 6) is 1.13. The third-order valence-corrected chi connectivity index (χ3v) is 8.85. The Morgan fingerprint density at radius 2 is 1.93 bits per heavy atom. The van der Waals surface area contributed by atoms with Gasteiger partial charge in [-0.25, -0.2) is 9.37 Å².